The van der Waals surface area contributed by atoms with Crippen molar-refractivity contribution in [1.29, 1.82) is 0 Å². The maximum absolute atomic E-state index is 4.69. The van der Waals surface area contributed by atoms with Crippen molar-refractivity contribution in [2.45, 2.75) is 30.4 Å². The van der Waals surface area contributed by atoms with Crippen LogP contribution >= 0.6 is 43.6 Å². The Bertz CT molecular complexity index is 632. The highest BCUT2D eigenvalue weighted by molar-refractivity contribution is 9.11. The number of hydrogen-bond acceptors (Lipinski definition) is 4. The van der Waals surface area contributed by atoms with E-state index >= 15 is 0 Å². The molecule has 1 heterocycles. The Labute approximate surface area is 146 Å². The minimum absolute atomic E-state index is 0.351. The fourth-order valence-electron chi connectivity index (χ4n) is 1.83. The number of benzene rings is 1. The van der Waals surface area contributed by atoms with E-state index in [9.17, 15) is 0 Å². The van der Waals surface area contributed by atoms with Crippen LogP contribution in [-0.2, 0) is 5.75 Å². The van der Waals surface area contributed by atoms with E-state index in [1.165, 1.54) is 4.90 Å². The van der Waals surface area contributed by atoms with Crippen LogP contribution in [-0.4, -0.2) is 17.0 Å². The number of aromatic nitrogens is 2. The van der Waals surface area contributed by atoms with Crippen LogP contribution in [0.2, 0.25) is 0 Å². The zero-order chi connectivity index (χ0) is 15.4. The van der Waals surface area contributed by atoms with Gasteiger partial charge in [-0.1, -0.05) is 35.8 Å². The molecule has 2 aromatic rings. The van der Waals surface area contributed by atoms with Crippen LogP contribution in [0.25, 0.3) is 0 Å². The standard InChI is InChI=1S/C15H17Br2N3S/c1-9(2)14-13(17)15(18-3)20-12(19-14)8-21-11-6-4-5-10(16)7-11/h4-7,9H,8H2,1-3H3,(H,18,19,20). The third-order valence-electron chi connectivity index (χ3n) is 2.87. The van der Waals surface area contributed by atoms with Crippen LogP contribution in [0.4, 0.5) is 5.82 Å². The highest BCUT2D eigenvalue weighted by Crippen LogP contribution is 2.30. The zero-order valence-electron chi connectivity index (χ0n) is 12.2. The van der Waals surface area contributed by atoms with Gasteiger partial charge in [-0.15, -0.1) is 11.8 Å². The Morgan fingerprint density at radius 3 is 2.62 bits per heavy atom. The molecule has 0 saturated heterocycles. The maximum atomic E-state index is 4.69. The van der Waals surface area contributed by atoms with Crippen molar-refractivity contribution in [1.82, 2.24) is 9.97 Å². The summed E-state index contributed by atoms with van der Waals surface area (Å²) >= 11 is 8.81. The fraction of sp³-hybridized carbons (Fsp3) is 0.333. The van der Waals surface area contributed by atoms with Crippen molar-refractivity contribution in [3.63, 3.8) is 0 Å². The van der Waals surface area contributed by atoms with Crippen molar-refractivity contribution < 1.29 is 0 Å². The summed E-state index contributed by atoms with van der Waals surface area (Å²) in [6.45, 7) is 4.27. The van der Waals surface area contributed by atoms with E-state index < -0.39 is 0 Å². The van der Waals surface area contributed by atoms with Gasteiger partial charge < -0.3 is 5.32 Å². The number of thioether (sulfide) groups is 1. The minimum atomic E-state index is 0.351. The van der Waals surface area contributed by atoms with Crippen molar-refractivity contribution in [2.75, 3.05) is 12.4 Å². The average molecular weight is 431 g/mol. The fourth-order valence-corrected chi connectivity index (χ4v) is 4.02. The molecule has 1 N–H and O–H groups in total. The first-order valence-electron chi connectivity index (χ1n) is 6.63. The minimum Gasteiger partial charge on any atom is -0.372 e. The topological polar surface area (TPSA) is 37.8 Å². The Morgan fingerprint density at radius 2 is 2.00 bits per heavy atom. The third-order valence-corrected chi connectivity index (χ3v) is 5.14. The van der Waals surface area contributed by atoms with E-state index in [1.54, 1.807) is 11.8 Å². The maximum Gasteiger partial charge on any atom is 0.144 e. The van der Waals surface area contributed by atoms with Gasteiger partial charge in [0.25, 0.3) is 0 Å². The number of halogens is 2. The predicted molar refractivity (Wildman–Crippen MR) is 97.1 cm³/mol. The first kappa shape index (κ1) is 16.8. The largest absolute Gasteiger partial charge is 0.372 e. The Hall–Kier alpha value is -0.590. The Morgan fingerprint density at radius 1 is 1.24 bits per heavy atom. The lowest BCUT2D eigenvalue weighted by Gasteiger charge is -2.13. The van der Waals surface area contributed by atoms with Crippen molar-refractivity contribution in [3.8, 4) is 0 Å². The molecule has 1 aromatic carbocycles. The third kappa shape index (κ3) is 4.44. The second-order valence-electron chi connectivity index (χ2n) is 4.84. The monoisotopic (exact) mass is 429 g/mol. The molecule has 3 nitrogen and oxygen atoms in total. The summed E-state index contributed by atoms with van der Waals surface area (Å²) in [5.41, 5.74) is 1.04. The molecule has 0 aliphatic carbocycles. The van der Waals surface area contributed by atoms with Crippen LogP contribution < -0.4 is 5.32 Å². The molecule has 2 rings (SSSR count). The summed E-state index contributed by atoms with van der Waals surface area (Å²) < 4.78 is 2.04. The molecule has 6 heteroatoms. The summed E-state index contributed by atoms with van der Waals surface area (Å²) in [5, 5.41) is 3.12. The number of hydrogen-bond donors (Lipinski definition) is 1. The lowest BCUT2D eigenvalue weighted by molar-refractivity contribution is 0.793. The summed E-state index contributed by atoms with van der Waals surface area (Å²) in [7, 11) is 1.88. The molecule has 1 aromatic heterocycles. The van der Waals surface area contributed by atoms with Gasteiger partial charge in [0.05, 0.1) is 15.9 Å². The van der Waals surface area contributed by atoms with Crippen molar-refractivity contribution in [2.24, 2.45) is 0 Å². The smallest absolute Gasteiger partial charge is 0.144 e. The zero-order valence-corrected chi connectivity index (χ0v) is 16.1. The normalized spacial score (nSPS) is 11.0. The van der Waals surface area contributed by atoms with Crippen LogP contribution in [0.15, 0.2) is 38.1 Å². The van der Waals surface area contributed by atoms with E-state index in [1.807, 2.05) is 19.2 Å². The van der Waals surface area contributed by atoms with Crippen LogP contribution in [0.3, 0.4) is 0 Å². The quantitative estimate of drug-likeness (QED) is 0.639. The Kier molecular flexibility index (Phi) is 6.08. The number of anilines is 1. The second-order valence-corrected chi connectivity index (χ2v) is 7.60. The second kappa shape index (κ2) is 7.61. The first-order chi connectivity index (χ1) is 10.0. The van der Waals surface area contributed by atoms with Gasteiger partial charge in [-0.05, 0) is 40.0 Å². The highest BCUT2D eigenvalue weighted by Gasteiger charge is 2.14. The van der Waals surface area contributed by atoms with E-state index in [2.05, 4.69) is 73.1 Å². The van der Waals surface area contributed by atoms with E-state index in [0.29, 0.717) is 5.92 Å². The Balaban J connectivity index is 2.22. The van der Waals surface area contributed by atoms with Gasteiger partial charge in [0.1, 0.15) is 11.6 Å². The lowest BCUT2D eigenvalue weighted by atomic mass is 10.1. The van der Waals surface area contributed by atoms with Crippen molar-refractivity contribution >= 4 is 49.4 Å². The molecule has 0 fully saturated rings. The number of nitrogens with one attached hydrogen (secondary N) is 1. The molecule has 0 saturated carbocycles. The van der Waals surface area contributed by atoms with Gasteiger partial charge in [0.15, 0.2) is 0 Å². The van der Waals surface area contributed by atoms with Crippen LogP contribution in [0.1, 0.15) is 31.3 Å². The summed E-state index contributed by atoms with van der Waals surface area (Å²) in [6, 6.07) is 8.26. The van der Waals surface area contributed by atoms with Crippen molar-refractivity contribution in [3.05, 3.63) is 44.7 Å². The molecule has 0 radical (unpaired) electrons. The molecule has 0 aliphatic heterocycles. The molecule has 0 atom stereocenters. The molecule has 112 valence electrons. The van der Waals surface area contributed by atoms with E-state index in [-0.39, 0.29) is 0 Å². The molecule has 0 spiro atoms. The highest BCUT2D eigenvalue weighted by atomic mass is 79.9. The van der Waals surface area contributed by atoms with Crippen LogP contribution in [0, 0.1) is 0 Å². The first-order valence-corrected chi connectivity index (χ1v) is 9.21. The van der Waals surface area contributed by atoms with Crippen LogP contribution in [0.5, 0.6) is 0 Å². The van der Waals surface area contributed by atoms with Gasteiger partial charge in [-0.25, -0.2) is 9.97 Å². The molecule has 0 unspecified atom stereocenters. The summed E-state index contributed by atoms with van der Waals surface area (Å²) in [6.07, 6.45) is 0. The van der Waals surface area contributed by atoms with Gasteiger partial charge in [-0.3, -0.25) is 0 Å². The molecular formula is C15H17Br2N3S. The predicted octanol–water partition coefficient (Wildman–Crippen LogP) is 5.46. The molecule has 21 heavy (non-hydrogen) atoms. The van der Waals surface area contributed by atoms with Gasteiger partial charge in [0.2, 0.25) is 0 Å². The average Bonchev–Trinajstić information content (AvgIpc) is 2.46. The number of nitrogens with zero attached hydrogens (tertiary/aromatic N) is 2. The van der Waals surface area contributed by atoms with E-state index in [4.69, 9.17) is 0 Å². The molecule has 0 bridgehead atoms. The molecule has 0 amide bonds. The van der Waals surface area contributed by atoms with Gasteiger partial charge >= 0.3 is 0 Å². The van der Waals surface area contributed by atoms with Gasteiger partial charge in [-0.2, -0.15) is 0 Å². The molecular weight excluding hydrogens is 414 g/mol. The number of rotatable bonds is 5. The SMILES string of the molecule is CNc1nc(CSc2cccc(Br)c2)nc(C(C)C)c1Br. The van der Waals surface area contributed by atoms with Gasteiger partial charge in [0, 0.05) is 16.4 Å². The summed E-state index contributed by atoms with van der Waals surface area (Å²) in [5.74, 6) is 2.79. The summed E-state index contributed by atoms with van der Waals surface area (Å²) in [4.78, 5) is 10.5. The lowest BCUT2D eigenvalue weighted by Crippen LogP contribution is -2.06. The molecule has 0 aliphatic rings. The van der Waals surface area contributed by atoms with E-state index in [0.717, 1.165) is 32.0 Å².